The topological polar surface area (TPSA) is 75.3 Å². The third-order valence-electron chi connectivity index (χ3n) is 2.92. The fraction of sp³-hybridized carbons (Fsp3) is 0.118. The zero-order valence-corrected chi connectivity index (χ0v) is 13.5. The lowest BCUT2D eigenvalue weighted by atomic mass is 10.2. The van der Waals surface area contributed by atoms with E-state index in [4.69, 9.17) is 0 Å². The summed E-state index contributed by atoms with van der Waals surface area (Å²) >= 11 is 0. The smallest absolute Gasteiger partial charge is 0.244 e. The molecule has 0 aromatic heterocycles. The van der Waals surface area contributed by atoms with Crippen LogP contribution < -0.4 is 10.0 Å². The summed E-state index contributed by atoms with van der Waals surface area (Å²) in [6.07, 6.45) is 4.29. The number of benzene rings is 2. The Morgan fingerprint density at radius 2 is 1.83 bits per heavy atom. The van der Waals surface area contributed by atoms with Crippen LogP contribution in [0.5, 0.6) is 0 Å². The Morgan fingerprint density at radius 1 is 1.09 bits per heavy atom. The van der Waals surface area contributed by atoms with Crippen LogP contribution in [0, 0.1) is 0 Å². The Labute approximate surface area is 136 Å². The molecule has 0 heterocycles. The second-order valence-corrected chi connectivity index (χ2v) is 6.78. The lowest BCUT2D eigenvalue weighted by Crippen LogP contribution is -2.20. The molecule has 0 saturated carbocycles. The van der Waals surface area contributed by atoms with Crippen molar-refractivity contribution >= 4 is 27.7 Å². The molecule has 0 aliphatic rings. The number of anilines is 1. The molecule has 1 amide bonds. The Balaban J connectivity index is 1.92. The molecule has 0 aliphatic heterocycles. The Bertz CT molecular complexity index is 800. The number of rotatable bonds is 6. The van der Waals surface area contributed by atoms with Gasteiger partial charge < -0.3 is 5.32 Å². The molecular weight excluding hydrogens is 312 g/mol. The van der Waals surface area contributed by atoms with Crippen LogP contribution in [-0.2, 0) is 21.4 Å². The van der Waals surface area contributed by atoms with Gasteiger partial charge in [0, 0.05) is 18.3 Å². The number of carbonyl (C=O) groups excluding carboxylic acids is 1. The SMILES string of the molecule is CS(=O)(=O)Nc1cccc(CNC(=O)/C=C/c2ccccc2)c1. The number of nitrogens with one attached hydrogen (secondary N) is 2. The molecule has 120 valence electrons. The van der Waals surface area contributed by atoms with Gasteiger partial charge in [-0.05, 0) is 29.3 Å². The molecular formula is C17H18N2O3S. The van der Waals surface area contributed by atoms with Crippen molar-refractivity contribution in [1.29, 1.82) is 0 Å². The van der Waals surface area contributed by atoms with E-state index in [0.29, 0.717) is 12.2 Å². The maximum Gasteiger partial charge on any atom is 0.244 e. The van der Waals surface area contributed by atoms with E-state index in [9.17, 15) is 13.2 Å². The molecule has 5 nitrogen and oxygen atoms in total. The van der Waals surface area contributed by atoms with Crippen molar-refractivity contribution in [2.24, 2.45) is 0 Å². The van der Waals surface area contributed by atoms with Crippen molar-refractivity contribution in [3.63, 3.8) is 0 Å². The monoisotopic (exact) mass is 330 g/mol. The predicted molar refractivity (Wildman–Crippen MR) is 92.2 cm³/mol. The molecule has 0 spiro atoms. The lowest BCUT2D eigenvalue weighted by Gasteiger charge is -2.07. The minimum absolute atomic E-state index is 0.213. The van der Waals surface area contributed by atoms with Crippen molar-refractivity contribution < 1.29 is 13.2 Å². The molecule has 2 aromatic rings. The first-order valence-electron chi connectivity index (χ1n) is 7.00. The molecule has 0 saturated heterocycles. The molecule has 0 bridgehead atoms. The minimum Gasteiger partial charge on any atom is -0.348 e. The fourth-order valence-corrected chi connectivity index (χ4v) is 2.50. The molecule has 0 radical (unpaired) electrons. The van der Waals surface area contributed by atoms with Gasteiger partial charge in [0.15, 0.2) is 0 Å². The minimum atomic E-state index is -3.31. The molecule has 0 unspecified atom stereocenters. The normalized spacial score (nSPS) is 11.3. The molecule has 0 aliphatic carbocycles. The molecule has 6 heteroatoms. The maximum atomic E-state index is 11.8. The first-order chi connectivity index (χ1) is 10.9. The van der Waals surface area contributed by atoms with Crippen LogP contribution in [0.2, 0.25) is 0 Å². The number of sulfonamides is 1. The van der Waals surface area contributed by atoms with Crippen LogP contribution in [0.25, 0.3) is 6.08 Å². The molecule has 2 aromatic carbocycles. The van der Waals surface area contributed by atoms with Crippen LogP contribution in [0.3, 0.4) is 0 Å². The van der Waals surface area contributed by atoms with E-state index in [-0.39, 0.29) is 5.91 Å². The number of hydrogen-bond donors (Lipinski definition) is 2. The molecule has 0 fully saturated rings. The second kappa shape index (κ2) is 7.60. The third-order valence-corrected chi connectivity index (χ3v) is 3.53. The van der Waals surface area contributed by atoms with Crippen LogP contribution in [0.15, 0.2) is 60.7 Å². The van der Waals surface area contributed by atoms with Crippen LogP contribution in [0.4, 0.5) is 5.69 Å². The van der Waals surface area contributed by atoms with Gasteiger partial charge in [0.25, 0.3) is 0 Å². The highest BCUT2D eigenvalue weighted by atomic mass is 32.2. The van der Waals surface area contributed by atoms with Gasteiger partial charge in [-0.25, -0.2) is 8.42 Å². The van der Waals surface area contributed by atoms with Crippen LogP contribution >= 0.6 is 0 Å². The van der Waals surface area contributed by atoms with Gasteiger partial charge in [-0.2, -0.15) is 0 Å². The predicted octanol–water partition coefficient (Wildman–Crippen LogP) is 2.39. The van der Waals surface area contributed by atoms with Gasteiger partial charge in [0.05, 0.1) is 6.26 Å². The van der Waals surface area contributed by atoms with Crippen molar-refractivity contribution in [2.45, 2.75) is 6.54 Å². The van der Waals surface area contributed by atoms with Gasteiger partial charge in [-0.1, -0.05) is 42.5 Å². The zero-order valence-electron chi connectivity index (χ0n) is 12.7. The van der Waals surface area contributed by atoms with Crippen LogP contribution in [-0.4, -0.2) is 20.6 Å². The summed E-state index contributed by atoms with van der Waals surface area (Å²) in [7, 11) is -3.31. The Hall–Kier alpha value is -2.60. The summed E-state index contributed by atoms with van der Waals surface area (Å²) in [6.45, 7) is 0.317. The van der Waals surface area contributed by atoms with Crippen molar-refractivity contribution in [1.82, 2.24) is 5.32 Å². The summed E-state index contributed by atoms with van der Waals surface area (Å²) in [4.78, 5) is 11.8. The number of hydrogen-bond acceptors (Lipinski definition) is 3. The third kappa shape index (κ3) is 6.36. The van der Waals surface area contributed by atoms with Crippen LogP contribution in [0.1, 0.15) is 11.1 Å². The largest absolute Gasteiger partial charge is 0.348 e. The maximum absolute atomic E-state index is 11.8. The number of amides is 1. The van der Waals surface area contributed by atoms with Gasteiger partial charge in [0.2, 0.25) is 15.9 Å². The molecule has 23 heavy (non-hydrogen) atoms. The van der Waals surface area contributed by atoms with E-state index in [1.807, 2.05) is 36.4 Å². The van der Waals surface area contributed by atoms with Crippen molar-refractivity contribution in [3.8, 4) is 0 Å². The van der Waals surface area contributed by atoms with Gasteiger partial charge in [0.1, 0.15) is 0 Å². The second-order valence-electron chi connectivity index (χ2n) is 5.04. The van der Waals surface area contributed by atoms with Crippen molar-refractivity contribution in [2.75, 3.05) is 11.0 Å². The van der Waals surface area contributed by atoms with E-state index in [2.05, 4.69) is 10.0 Å². The summed E-state index contributed by atoms with van der Waals surface area (Å²) < 4.78 is 24.8. The van der Waals surface area contributed by atoms with E-state index < -0.39 is 10.0 Å². The van der Waals surface area contributed by atoms with Crippen molar-refractivity contribution in [3.05, 3.63) is 71.8 Å². The molecule has 2 rings (SSSR count). The standard InChI is InChI=1S/C17H18N2O3S/c1-23(21,22)19-16-9-5-8-15(12-16)13-18-17(20)11-10-14-6-3-2-4-7-14/h2-12,19H,13H2,1H3,(H,18,20)/b11-10+. The molecule has 0 atom stereocenters. The summed E-state index contributed by atoms with van der Waals surface area (Å²) in [5.41, 5.74) is 2.22. The zero-order chi connectivity index (χ0) is 16.7. The highest BCUT2D eigenvalue weighted by Gasteiger charge is 2.03. The number of carbonyl (C=O) groups is 1. The highest BCUT2D eigenvalue weighted by molar-refractivity contribution is 7.92. The van der Waals surface area contributed by atoms with E-state index in [1.54, 1.807) is 24.3 Å². The lowest BCUT2D eigenvalue weighted by molar-refractivity contribution is -0.116. The Morgan fingerprint density at radius 3 is 2.52 bits per heavy atom. The first-order valence-corrected chi connectivity index (χ1v) is 8.89. The van der Waals surface area contributed by atoms with Gasteiger partial charge >= 0.3 is 0 Å². The fourth-order valence-electron chi connectivity index (χ4n) is 1.94. The van der Waals surface area contributed by atoms with E-state index in [0.717, 1.165) is 17.4 Å². The summed E-state index contributed by atoms with van der Waals surface area (Å²) in [6, 6.07) is 16.4. The summed E-state index contributed by atoms with van der Waals surface area (Å²) in [5, 5.41) is 2.76. The van der Waals surface area contributed by atoms with E-state index in [1.165, 1.54) is 6.08 Å². The van der Waals surface area contributed by atoms with E-state index >= 15 is 0 Å². The first kappa shape index (κ1) is 16.8. The quantitative estimate of drug-likeness (QED) is 0.799. The van der Waals surface area contributed by atoms with Gasteiger partial charge in [-0.3, -0.25) is 9.52 Å². The molecule has 2 N–H and O–H groups in total. The summed E-state index contributed by atoms with van der Waals surface area (Å²) in [5.74, 6) is -0.213. The average Bonchev–Trinajstić information content (AvgIpc) is 2.51. The average molecular weight is 330 g/mol. The highest BCUT2D eigenvalue weighted by Crippen LogP contribution is 2.11. The van der Waals surface area contributed by atoms with Gasteiger partial charge in [-0.15, -0.1) is 0 Å². The Kier molecular flexibility index (Phi) is 5.54.